The highest BCUT2D eigenvalue weighted by molar-refractivity contribution is 7.90. The highest BCUT2D eigenvalue weighted by atomic mass is 35.5. The number of allylic oxidation sites excluding steroid dienone is 1. The Bertz CT molecular complexity index is 402. The van der Waals surface area contributed by atoms with Gasteiger partial charge in [-0.1, -0.05) is 41.4 Å². The van der Waals surface area contributed by atoms with Crippen LogP contribution in [0.25, 0.3) is 4.91 Å². The van der Waals surface area contributed by atoms with Gasteiger partial charge in [0.05, 0.1) is 5.70 Å². The number of nitrogens with two attached hydrogens (primary N) is 1. The largest absolute Gasteiger partial charge is 0.395 e. The Balaban J connectivity index is 3.25. The summed E-state index contributed by atoms with van der Waals surface area (Å²) in [5.41, 5.74) is 6.33. The van der Waals surface area contributed by atoms with E-state index >= 15 is 0 Å². The van der Waals surface area contributed by atoms with E-state index in [1.165, 1.54) is 0 Å². The van der Waals surface area contributed by atoms with Crippen molar-refractivity contribution >= 4 is 45.9 Å². The smallest absolute Gasteiger partial charge is 0.145 e. The van der Waals surface area contributed by atoms with E-state index in [1.54, 1.807) is 18.2 Å². The van der Waals surface area contributed by atoms with Crippen LogP contribution < -0.4 is 5.73 Å². The molecule has 0 unspecified atom stereocenters. The van der Waals surface area contributed by atoms with Gasteiger partial charge in [0.25, 0.3) is 0 Å². The summed E-state index contributed by atoms with van der Waals surface area (Å²) in [7, 11) is 0. The Labute approximate surface area is 97.6 Å². The summed E-state index contributed by atoms with van der Waals surface area (Å²) in [6, 6.07) is 7.09. The van der Waals surface area contributed by atoms with Crippen LogP contribution in [0.3, 0.4) is 0 Å². The van der Waals surface area contributed by atoms with Crippen molar-refractivity contribution in [2.24, 2.45) is 5.73 Å². The first-order valence-corrected chi connectivity index (χ1v) is 4.92. The summed E-state index contributed by atoms with van der Waals surface area (Å²) in [5, 5.41) is 7.43. The van der Waals surface area contributed by atoms with E-state index in [-0.39, 0.29) is 10.9 Å². The Hall–Kier alpha value is -0.640. The first kappa shape index (κ1) is 11.4. The minimum absolute atomic E-state index is 0.114. The van der Waals surface area contributed by atoms with Crippen LogP contribution in [0.15, 0.2) is 30.0 Å². The summed E-state index contributed by atoms with van der Waals surface area (Å²) in [5.74, 6) is 0. The molecule has 14 heavy (non-hydrogen) atoms. The van der Waals surface area contributed by atoms with E-state index in [0.717, 1.165) is 0 Å². The van der Waals surface area contributed by atoms with Crippen molar-refractivity contribution in [1.29, 1.82) is 5.41 Å². The molecule has 0 spiro atoms. The highest BCUT2D eigenvalue weighted by Gasteiger charge is 2.08. The van der Waals surface area contributed by atoms with Gasteiger partial charge in [0.1, 0.15) is 5.17 Å². The number of hydrogen-bond acceptors (Lipinski definition) is 3. The lowest BCUT2D eigenvalue weighted by atomic mass is 10.2. The lowest BCUT2D eigenvalue weighted by Gasteiger charge is -2.06. The van der Waals surface area contributed by atoms with Gasteiger partial charge in [-0.2, -0.15) is 0 Å². The van der Waals surface area contributed by atoms with Crippen LogP contribution in [0, 0.1) is 5.41 Å². The van der Waals surface area contributed by atoms with E-state index < -0.39 is 0 Å². The predicted molar refractivity (Wildman–Crippen MR) is 65.1 cm³/mol. The molecule has 1 aromatic carbocycles. The summed E-state index contributed by atoms with van der Waals surface area (Å²) in [6.45, 7) is 0. The molecule has 0 heterocycles. The fourth-order valence-electron chi connectivity index (χ4n) is 0.902. The number of rotatable bonds is 2. The molecule has 0 aliphatic carbocycles. The third kappa shape index (κ3) is 2.44. The molecule has 2 nitrogen and oxygen atoms in total. The predicted octanol–water partition coefficient (Wildman–Crippen LogP) is 3.11. The average molecular weight is 247 g/mol. The van der Waals surface area contributed by atoms with E-state index in [0.29, 0.717) is 15.5 Å². The van der Waals surface area contributed by atoms with Crippen LogP contribution in [0.2, 0.25) is 5.02 Å². The fraction of sp³-hybridized carbons (Fsp3) is 0. The maximum absolute atomic E-state index is 7.14. The van der Waals surface area contributed by atoms with E-state index in [1.807, 2.05) is 6.07 Å². The number of halogens is 2. The molecule has 74 valence electrons. The van der Waals surface area contributed by atoms with E-state index in [4.69, 9.17) is 34.3 Å². The second-order valence-corrected chi connectivity index (χ2v) is 3.79. The van der Waals surface area contributed by atoms with Crippen molar-refractivity contribution < 1.29 is 0 Å². The van der Waals surface area contributed by atoms with Crippen LogP contribution in [0.4, 0.5) is 0 Å². The van der Waals surface area contributed by atoms with Gasteiger partial charge in [-0.3, -0.25) is 5.41 Å². The molecule has 0 aliphatic heterocycles. The summed E-state index contributed by atoms with van der Waals surface area (Å²) in [6.07, 6.45) is 0. The molecular weight excluding hydrogens is 239 g/mol. The maximum atomic E-state index is 7.14. The standard InChI is InChI=1S/C9H8Cl2N2S/c10-6-4-2-1-3-5(6)8(14)7(12)9(11)13/h1-4,13-14H,12H2/b8-7+,13-9?. The minimum Gasteiger partial charge on any atom is -0.395 e. The quantitative estimate of drug-likeness (QED) is 0.545. The second kappa shape index (κ2) is 4.73. The highest BCUT2D eigenvalue weighted by Crippen LogP contribution is 2.27. The lowest BCUT2D eigenvalue weighted by molar-refractivity contribution is 1.44. The molecule has 0 saturated heterocycles. The van der Waals surface area contributed by atoms with Gasteiger partial charge in [-0.15, -0.1) is 12.6 Å². The Kier molecular flexibility index (Phi) is 3.86. The third-order valence-electron chi connectivity index (χ3n) is 1.62. The van der Waals surface area contributed by atoms with Crippen LogP contribution >= 0.6 is 35.8 Å². The van der Waals surface area contributed by atoms with Gasteiger partial charge >= 0.3 is 0 Å². The van der Waals surface area contributed by atoms with Crippen molar-refractivity contribution in [3.63, 3.8) is 0 Å². The van der Waals surface area contributed by atoms with Crippen molar-refractivity contribution in [2.45, 2.75) is 0 Å². The van der Waals surface area contributed by atoms with Gasteiger partial charge < -0.3 is 5.73 Å². The normalized spacial score (nSPS) is 12.2. The fourth-order valence-corrected chi connectivity index (χ4v) is 1.67. The monoisotopic (exact) mass is 246 g/mol. The zero-order chi connectivity index (χ0) is 10.7. The van der Waals surface area contributed by atoms with Crippen LogP contribution in [0.5, 0.6) is 0 Å². The van der Waals surface area contributed by atoms with Crippen molar-refractivity contribution in [1.82, 2.24) is 0 Å². The van der Waals surface area contributed by atoms with Crippen molar-refractivity contribution in [2.75, 3.05) is 0 Å². The first-order chi connectivity index (χ1) is 6.54. The number of nitrogens with one attached hydrogen (secondary N) is 1. The zero-order valence-electron chi connectivity index (χ0n) is 7.09. The molecule has 0 amide bonds. The second-order valence-electron chi connectivity index (χ2n) is 2.56. The third-order valence-corrected chi connectivity index (χ3v) is 2.64. The molecule has 0 aromatic heterocycles. The molecule has 0 radical (unpaired) electrons. The first-order valence-electron chi connectivity index (χ1n) is 3.72. The van der Waals surface area contributed by atoms with Crippen LogP contribution in [-0.2, 0) is 0 Å². The zero-order valence-corrected chi connectivity index (χ0v) is 9.50. The van der Waals surface area contributed by atoms with E-state index in [2.05, 4.69) is 12.6 Å². The Morgan fingerprint density at radius 2 is 1.93 bits per heavy atom. The summed E-state index contributed by atoms with van der Waals surface area (Å²) in [4.78, 5) is 0.413. The SMILES string of the molecule is N=C(Cl)/C(N)=C(\S)c1ccccc1Cl. The minimum atomic E-state index is -0.241. The topological polar surface area (TPSA) is 49.9 Å². The molecule has 3 N–H and O–H groups in total. The maximum Gasteiger partial charge on any atom is 0.145 e. The lowest BCUT2D eigenvalue weighted by Crippen LogP contribution is -2.06. The molecule has 0 saturated carbocycles. The van der Waals surface area contributed by atoms with Gasteiger partial charge in [-0.05, 0) is 6.07 Å². The molecule has 1 rings (SSSR count). The van der Waals surface area contributed by atoms with Gasteiger partial charge in [0.15, 0.2) is 0 Å². The molecule has 0 aliphatic rings. The van der Waals surface area contributed by atoms with E-state index in [9.17, 15) is 0 Å². The summed E-state index contributed by atoms with van der Waals surface area (Å²) < 4.78 is 0. The molecular formula is C9H8Cl2N2S. The molecule has 1 aromatic rings. The average Bonchev–Trinajstić information content (AvgIpc) is 2.16. The van der Waals surface area contributed by atoms with Gasteiger partial charge in [0.2, 0.25) is 0 Å². The molecule has 0 bridgehead atoms. The molecule has 0 atom stereocenters. The summed E-state index contributed by atoms with van der Waals surface area (Å²) >= 11 is 15.5. The Morgan fingerprint density at radius 3 is 2.43 bits per heavy atom. The number of thiol groups is 1. The number of benzene rings is 1. The van der Waals surface area contributed by atoms with Gasteiger partial charge in [0, 0.05) is 15.5 Å². The van der Waals surface area contributed by atoms with Crippen LogP contribution in [0.1, 0.15) is 5.56 Å². The van der Waals surface area contributed by atoms with Crippen LogP contribution in [-0.4, -0.2) is 5.17 Å². The Morgan fingerprint density at radius 1 is 1.36 bits per heavy atom. The molecule has 0 fully saturated rings. The molecule has 5 heteroatoms. The van der Waals surface area contributed by atoms with Crippen molar-refractivity contribution in [3.8, 4) is 0 Å². The number of hydrogen-bond donors (Lipinski definition) is 3. The van der Waals surface area contributed by atoms with Crippen molar-refractivity contribution in [3.05, 3.63) is 40.5 Å². The van der Waals surface area contributed by atoms with Gasteiger partial charge in [-0.25, -0.2) is 0 Å².